The van der Waals surface area contributed by atoms with Gasteiger partial charge in [-0.05, 0) is 19.8 Å². The van der Waals surface area contributed by atoms with E-state index in [1.807, 2.05) is 20.0 Å². The van der Waals surface area contributed by atoms with Crippen LogP contribution >= 0.6 is 0 Å². The average molecular weight is 156 g/mol. The lowest BCUT2D eigenvalue weighted by Crippen LogP contribution is -2.09. The summed E-state index contributed by atoms with van der Waals surface area (Å²) < 4.78 is 0. The highest BCUT2D eigenvalue weighted by Gasteiger charge is 1.99. The van der Waals surface area contributed by atoms with Crippen molar-refractivity contribution in [3.8, 4) is 0 Å². The number of hydrogen-bond acceptors (Lipinski definition) is 3. The zero-order chi connectivity index (χ0) is 8.69. The lowest BCUT2D eigenvalue weighted by molar-refractivity contribution is 0.255. The first kappa shape index (κ1) is 10.2. The first-order chi connectivity index (χ1) is 5.22. The Morgan fingerprint density at radius 3 is 2.91 bits per heavy atom. The van der Waals surface area contributed by atoms with Crippen LogP contribution in [0.5, 0.6) is 0 Å². The molecule has 0 aromatic heterocycles. The molecule has 3 nitrogen and oxygen atoms in total. The lowest BCUT2D eigenvalue weighted by atomic mass is 10.1. The third-order valence-electron chi connectivity index (χ3n) is 1.58. The first-order valence-electron chi connectivity index (χ1n) is 3.65. The quantitative estimate of drug-likeness (QED) is 0.456. The van der Waals surface area contributed by atoms with Gasteiger partial charge in [-0.3, -0.25) is 4.99 Å². The molecule has 0 radical (unpaired) electrons. The molecule has 0 saturated heterocycles. The van der Waals surface area contributed by atoms with E-state index in [-0.39, 0.29) is 12.5 Å². The normalized spacial score (nSPS) is 14.3. The van der Waals surface area contributed by atoms with Crippen molar-refractivity contribution in [2.75, 3.05) is 13.3 Å². The van der Waals surface area contributed by atoms with Crippen molar-refractivity contribution in [2.24, 2.45) is 10.9 Å². The van der Waals surface area contributed by atoms with E-state index in [1.165, 1.54) is 0 Å². The minimum absolute atomic E-state index is 0.186. The number of aliphatic hydroxyl groups excluding tert-OH is 1. The predicted octanol–water partition coefficient (Wildman–Crippen LogP) is 0.766. The molecule has 0 spiro atoms. The second kappa shape index (κ2) is 5.92. The van der Waals surface area contributed by atoms with Gasteiger partial charge >= 0.3 is 0 Å². The number of aliphatic imine (C=N–C) groups is 1. The molecular weight excluding hydrogens is 140 g/mol. The van der Waals surface area contributed by atoms with Gasteiger partial charge in [-0.1, -0.05) is 12.5 Å². The predicted molar refractivity (Wildman–Crippen MR) is 47.6 cm³/mol. The van der Waals surface area contributed by atoms with E-state index in [0.29, 0.717) is 6.67 Å². The van der Waals surface area contributed by atoms with Crippen LogP contribution in [-0.2, 0) is 0 Å². The number of rotatable bonds is 5. The van der Waals surface area contributed by atoms with Crippen LogP contribution in [0.4, 0.5) is 0 Å². The fourth-order valence-electron chi connectivity index (χ4n) is 0.557. The second-order valence-corrected chi connectivity index (χ2v) is 2.56. The summed E-state index contributed by atoms with van der Waals surface area (Å²) in [6.07, 6.45) is 1.86. The summed E-state index contributed by atoms with van der Waals surface area (Å²) in [5.74, 6) is 0.215. The molecule has 1 unspecified atom stereocenters. The largest absolute Gasteiger partial charge is 0.396 e. The van der Waals surface area contributed by atoms with Gasteiger partial charge in [0.1, 0.15) is 6.67 Å². The summed E-state index contributed by atoms with van der Waals surface area (Å²) >= 11 is 0. The molecule has 3 heteroatoms. The molecule has 0 bridgehead atoms. The average Bonchev–Trinajstić information content (AvgIpc) is 2.03. The number of nitrogens with one attached hydrogen (secondary N) is 1. The maximum absolute atomic E-state index is 8.76. The molecule has 2 N–H and O–H groups in total. The second-order valence-electron chi connectivity index (χ2n) is 2.56. The van der Waals surface area contributed by atoms with Gasteiger partial charge in [0.05, 0.1) is 0 Å². The van der Waals surface area contributed by atoms with Crippen molar-refractivity contribution < 1.29 is 5.11 Å². The van der Waals surface area contributed by atoms with Crippen molar-refractivity contribution in [3.05, 3.63) is 11.8 Å². The molecule has 0 aromatic carbocycles. The van der Waals surface area contributed by atoms with Crippen LogP contribution in [0.15, 0.2) is 16.8 Å². The molecule has 0 rings (SSSR count). The molecule has 0 aromatic rings. The SMILES string of the molecule is C=NCN/C=C(\C)C(C)CO. The highest BCUT2D eigenvalue weighted by molar-refractivity contribution is 5.23. The Morgan fingerprint density at radius 1 is 1.82 bits per heavy atom. The summed E-state index contributed by atoms with van der Waals surface area (Å²) in [5, 5.41) is 11.7. The van der Waals surface area contributed by atoms with Gasteiger partial charge in [0.25, 0.3) is 0 Å². The third-order valence-corrected chi connectivity index (χ3v) is 1.58. The van der Waals surface area contributed by atoms with Crippen molar-refractivity contribution >= 4 is 6.72 Å². The molecule has 1 atom stereocenters. The molecule has 0 heterocycles. The Morgan fingerprint density at radius 2 is 2.45 bits per heavy atom. The van der Waals surface area contributed by atoms with Crippen LogP contribution in [0.3, 0.4) is 0 Å². The van der Waals surface area contributed by atoms with Crippen LogP contribution in [0.25, 0.3) is 0 Å². The zero-order valence-corrected chi connectivity index (χ0v) is 7.17. The number of hydrogen-bond donors (Lipinski definition) is 2. The van der Waals surface area contributed by atoms with Crippen molar-refractivity contribution in [1.82, 2.24) is 5.32 Å². The lowest BCUT2D eigenvalue weighted by Gasteiger charge is -2.07. The smallest absolute Gasteiger partial charge is 0.106 e. The summed E-state index contributed by atoms with van der Waals surface area (Å²) in [5.41, 5.74) is 1.12. The van der Waals surface area contributed by atoms with Gasteiger partial charge in [-0.2, -0.15) is 0 Å². The van der Waals surface area contributed by atoms with E-state index in [1.54, 1.807) is 0 Å². The maximum atomic E-state index is 8.76. The highest BCUT2D eigenvalue weighted by atomic mass is 16.3. The molecule has 0 aliphatic heterocycles. The fourth-order valence-corrected chi connectivity index (χ4v) is 0.557. The van der Waals surface area contributed by atoms with Crippen molar-refractivity contribution in [3.63, 3.8) is 0 Å². The summed E-state index contributed by atoms with van der Waals surface area (Å²) in [4.78, 5) is 3.62. The molecule has 64 valence electrons. The van der Waals surface area contributed by atoms with Crippen LogP contribution in [0.1, 0.15) is 13.8 Å². The fraction of sp³-hybridized carbons (Fsp3) is 0.625. The van der Waals surface area contributed by atoms with Gasteiger partial charge in [0.2, 0.25) is 0 Å². The van der Waals surface area contributed by atoms with E-state index in [4.69, 9.17) is 5.11 Å². The van der Waals surface area contributed by atoms with E-state index in [0.717, 1.165) is 5.57 Å². The zero-order valence-electron chi connectivity index (χ0n) is 7.17. The Kier molecular flexibility index (Phi) is 5.47. The highest BCUT2D eigenvalue weighted by Crippen LogP contribution is 2.05. The Hall–Kier alpha value is -0.830. The summed E-state index contributed by atoms with van der Waals surface area (Å²) in [6, 6.07) is 0. The number of nitrogens with zero attached hydrogens (tertiary/aromatic N) is 1. The topological polar surface area (TPSA) is 44.6 Å². The van der Waals surface area contributed by atoms with E-state index < -0.39 is 0 Å². The maximum Gasteiger partial charge on any atom is 0.106 e. The molecular formula is C8H16N2O. The minimum atomic E-state index is 0.186. The van der Waals surface area contributed by atoms with E-state index >= 15 is 0 Å². The molecule has 11 heavy (non-hydrogen) atoms. The standard InChI is InChI=1S/C8H16N2O/c1-7(8(2)5-11)4-10-6-9-3/h4,8,10-11H,3,5-6H2,1-2H3/b7-4+. The number of aliphatic hydroxyl groups is 1. The van der Waals surface area contributed by atoms with Gasteiger partial charge in [0.15, 0.2) is 0 Å². The molecule has 0 aliphatic rings. The molecule has 0 aliphatic carbocycles. The molecule has 0 amide bonds. The van der Waals surface area contributed by atoms with Crippen molar-refractivity contribution in [2.45, 2.75) is 13.8 Å². The summed E-state index contributed by atoms with van der Waals surface area (Å²) in [6.45, 7) is 7.98. The Bertz CT molecular complexity index is 143. The van der Waals surface area contributed by atoms with Gasteiger partial charge < -0.3 is 10.4 Å². The van der Waals surface area contributed by atoms with E-state index in [9.17, 15) is 0 Å². The van der Waals surface area contributed by atoms with E-state index in [2.05, 4.69) is 17.0 Å². The van der Waals surface area contributed by atoms with Gasteiger partial charge in [0, 0.05) is 12.5 Å². The van der Waals surface area contributed by atoms with Crippen LogP contribution in [0.2, 0.25) is 0 Å². The van der Waals surface area contributed by atoms with Gasteiger partial charge in [-0.15, -0.1) is 0 Å². The Labute approximate surface area is 67.8 Å². The first-order valence-corrected chi connectivity index (χ1v) is 3.65. The minimum Gasteiger partial charge on any atom is -0.396 e. The summed E-state index contributed by atoms with van der Waals surface area (Å²) in [7, 11) is 0. The Balaban J connectivity index is 3.69. The third kappa shape index (κ3) is 4.56. The monoisotopic (exact) mass is 156 g/mol. The van der Waals surface area contributed by atoms with Crippen molar-refractivity contribution in [1.29, 1.82) is 0 Å². The molecule has 0 fully saturated rings. The van der Waals surface area contributed by atoms with Crippen LogP contribution < -0.4 is 5.32 Å². The van der Waals surface area contributed by atoms with Crippen LogP contribution in [0, 0.1) is 5.92 Å². The molecule has 0 saturated carbocycles. The van der Waals surface area contributed by atoms with Gasteiger partial charge in [-0.25, -0.2) is 0 Å². The van der Waals surface area contributed by atoms with Crippen LogP contribution in [-0.4, -0.2) is 25.1 Å².